The molecule has 2 aromatic rings. The molecule has 0 unspecified atom stereocenters. The van der Waals surface area contributed by atoms with Gasteiger partial charge in [-0.05, 0) is 18.2 Å². The van der Waals surface area contributed by atoms with Crippen LogP contribution < -0.4 is 4.72 Å². The highest BCUT2D eigenvalue weighted by atomic mass is 32.2. The normalized spacial score (nSPS) is 14.2. The molecule has 3 rings (SSSR count). The van der Waals surface area contributed by atoms with Gasteiger partial charge in [-0.2, -0.15) is 5.10 Å². The summed E-state index contributed by atoms with van der Waals surface area (Å²) in [7, 11) is -3.59. The van der Waals surface area contributed by atoms with Gasteiger partial charge in [0.05, 0.1) is 16.9 Å². The highest BCUT2D eigenvalue weighted by molar-refractivity contribution is 7.89. The van der Waals surface area contributed by atoms with Gasteiger partial charge in [0.15, 0.2) is 0 Å². The van der Waals surface area contributed by atoms with Crippen LogP contribution in [0.5, 0.6) is 0 Å². The van der Waals surface area contributed by atoms with Gasteiger partial charge in [0.2, 0.25) is 10.0 Å². The topological polar surface area (TPSA) is 112 Å². The van der Waals surface area contributed by atoms with Crippen LogP contribution in [0, 0.1) is 0 Å². The molecular formula is C15H16N4O4S. The summed E-state index contributed by atoms with van der Waals surface area (Å²) in [5, 5.41) is 6.52. The number of amides is 2. The van der Waals surface area contributed by atoms with Gasteiger partial charge in [-0.1, -0.05) is 12.1 Å². The van der Waals surface area contributed by atoms with Crippen molar-refractivity contribution in [1.29, 1.82) is 0 Å². The Balaban J connectivity index is 1.55. The van der Waals surface area contributed by atoms with E-state index in [9.17, 15) is 18.0 Å². The number of H-pyrrole nitrogens is 1. The second-order valence-electron chi connectivity index (χ2n) is 5.35. The van der Waals surface area contributed by atoms with Gasteiger partial charge in [0.1, 0.15) is 0 Å². The van der Waals surface area contributed by atoms with Crippen molar-refractivity contribution >= 4 is 21.8 Å². The minimum Gasteiger partial charge on any atom is -0.283 e. The number of aromatic amines is 1. The van der Waals surface area contributed by atoms with Crippen LogP contribution in [0.3, 0.4) is 0 Å². The number of benzene rings is 1. The molecule has 0 radical (unpaired) electrons. The lowest BCUT2D eigenvalue weighted by molar-refractivity contribution is 0.0664. The zero-order chi connectivity index (χ0) is 17.2. The fourth-order valence-corrected chi connectivity index (χ4v) is 3.47. The molecule has 1 aromatic carbocycles. The summed E-state index contributed by atoms with van der Waals surface area (Å²) in [4.78, 5) is 25.3. The Hall–Kier alpha value is -2.52. The third-order valence-electron chi connectivity index (χ3n) is 3.74. The molecule has 0 bridgehead atoms. The second kappa shape index (κ2) is 6.54. The monoisotopic (exact) mass is 348 g/mol. The summed E-state index contributed by atoms with van der Waals surface area (Å²) in [6.07, 6.45) is 2.07. The van der Waals surface area contributed by atoms with Crippen molar-refractivity contribution in [2.24, 2.45) is 0 Å². The van der Waals surface area contributed by atoms with Crippen LogP contribution in [-0.4, -0.2) is 54.2 Å². The van der Waals surface area contributed by atoms with Gasteiger partial charge >= 0.3 is 0 Å². The highest BCUT2D eigenvalue weighted by Crippen LogP contribution is 2.22. The fraction of sp³-hybridized carbons (Fsp3) is 0.267. The van der Waals surface area contributed by atoms with Crippen molar-refractivity contribution in [3.8, 4) is 0 Å². The van der Waals surface area contributed by atoms with E-state index in [0.29, 0.717) is 17.5 Å². The number of hydrogen-bond donors (Lipinski definition) is 2. The van der Waals surface area contributed by atoms with Gasteiger partial charge in [-0.3, -0.25) is 19.6 Å². The lowest BCUT2D eigenvalue weighted by Gasteiger charge is -2.14. The van der Waals surface area contributed by atoms with Gasteiger partial charge in [-0.15, -0.1) is 0 Å². The molecule has 0 saturated carbocycles. The van der Waals surface area contributed by atoms with Crippen LogP contribution in [-0.2, 0) is 16.4 Å². The maximum atomic E-state index is 12.2. The Morgan fingerprint density at radius 3 is 2.33 bits per heavy atom. The third kappa shape index (κ3) is 3.36. The first-order valence-electron chi connectivity index (χ1n) is 7.39. The Labute approximate surface area is 138 Å². The van der Waals surface area contributed by atoms with Crippen LogP contribution in [0.2, 0.25) is 0 Å². The zero-order valence-corrected chi connectivity index (χ0v) is 13.5. The third-order valence-corrected chi connectivity index (χ3v) is 5.10. The summed E-state index contributed by atoms with van der Waals surface area (Å²) in [5.41, 5.74) is 1.44. The number of sulfonamides is 1. The van der Waals surface area contributed by atoms with Crippen molar-refractivity contribution < 1.29 is 18.0 Å². The summed E-state index contributed by atoms with van der Waals surface area (Å²) in [6.45, 7) is 0.0401. The predicted octanol–water partition coefficient (Wildman–Crippen LogP) is 0.168. The van der Waals surface area contributed by atoms with E-state index >= 15 is 0 Å². The molecular weight excluding hydrogens is 332 g/mol. The highest BCUT2D eigenvalue weighted by Gasteiger charge is 2.35. The molecule has 126 valence electrons. The molecule has 0 aliphatic carbocycles. The standard InChI is InChI=1S/C15H16N4O4S/c20-14-12-3-1-2-4-13(12)15(21)19(14)9-10-24(22,23)17-8-6-11-5-7-16-18-11/h1-5,7,17H,6,8-10H2,(H,16,18). The molecule has 2 amide bonds. The molecule has 0 spiro atoms. The number of imide groups is 1. The molecule has 8 nitrogen and oxygen atoms in total. The summed E-state index contributed by atoms with van der Waals surface area (Å²) < 4.78 is 26.5. The second-order valence-corrected chi connectivity index (χ2v) is 7.28. The first-order chi connectivity index (χ1) is 11.5. The van der Waals surface area contributed by atoms with Gasteiger partial charge in [-0.25, -0.2) is 13.1 Å². The first kappa shape index (κ1) is 16.3. The number of nitrogens with one attached hydrogen (secondary N) is 2. The average molecular weight is 348 g/mol. The molecule has 9 heteroatoms. The lowest BCUT2D eigenvalue weighted by Crippen LogP contribution is -2.38. The fourth-order valence-electron chi connectivity index (χ4n) is 2.49. The number of hydrogen-bond acceptors (Lipinski definition) is 5. The first-order valence-corrected chi connectivity index (χ1v) is 9.04. The Morgan fingerprint density at radius 2 is 1.75 bits per heavy atom. The molecule has 0 atom stereocenters. The van der Waals surface area contributed by atoms with E-state index in [1.54, 1.807) is 36.5 Å². The molecule has 24 heavy (non-hydrogen) atoms. The van der Waals surface area contributed by atoms with E-state index < -0.39 is 21.8 Å². The van der Waals surface area contributed by atoms with Gasteiger partial charge < -0.3 is 0 Å². The van der Waals surface area contributed by atoms with Crippen molar-refractivity contribution in [2.75, 3.05) is 18.8 Å². The molecule has 2 heterocycles. The van der Waals surface area contributed by atoms with E-state index in [4.69, 9.17) is 0 Å². The summed E-state index contributed by atoms with van der Waals surface area (Å²) in [5.74, 6) is -1.24. The van der Waals surface area contributed by atoms with Crippen molar-refractivity contribution in [2.45, 2.75) is 6.42 Å². The molecule has 0 fully saturated rings. The quantitative estimate of drug-likeness (QED) is 0.693. The smallest absolute Gasteiger partial charge is 0.261 e. The minimum atomic E-state index is -3.59. The lowest BCUT2D eigenvalue weighted by atomic mass is 10.1. The van der Waals surface area contributed by atoms with E-state index in [-0.39, 0.29) is 18.8 Å². The van der Waals surface area contributed by atoms with E-state index in [1.165, 1.54) is 0 Å². The maximum Gasteiger partial charge on any atom is 0.261 e. The number of fused-ring (bicyclic) bond motifs is 1. The van der Waals surface area contributed by atoms with Crippen LogP contribution >= 0.6 is 0 Å². The number of nitrogens with zero attached hydrogens (tertiary/aromatic N) is 2. The summed E-state index contributed by atoms with van der Waals surface area (Å²) >= 11 is 0. The zero-order valence-electron chi connectivity index (χ0n) is 12.7. The average Bonchev–Trinajstić information content (AvgIpc) is 3.15. The Morgan fingerprint density at radius 1 is 1.08 bits per heavy atom. The van der Waals surface area contributed by atoms with Crippen LogP contribution in [0.1, 0.15) is 26.4 Å². The minimum absolute atomic E-state index is 0.175. The van der Waals surface area contributed by atoms with Crippen LogP contribution in [0.25, 0.3) is 0 Å². The summed E-state index contributed by atoms with van der Waals surface area (Å²) in [6, 6.07) is 8.22. The molecule has 1 aromatic heterocycles. The number of carbonyl (C=O) groups excluding carboxylic acids is 2. The maximum absolute atomic E-state index is 12.2. The molecule has 2 N–H and O–H groups in total. The molecule has 1 aliphatic heterocycles. The van der Waals surface area contributed by atoms with E-state index in [0.717, 1.165) is 10.6 Å². The van der Waals surface area contributed by atoms with E-state index in [1.807, 2.05) is 0 Å². The number of rotatable bonds is 7. The van der Waals surface area contributed by atoms with Crippen molar-refractivity contribution in [3.63, 3.8) is 0 Å². The van der Waals surface area contributed by atoms with Crippen LogP contribution in [0.15, 0.2) is 36.5 Å². The van der Waals surface area contributed by atoms with Crippen LogP contribution in [0.4, 0.5) is 0 Å². The van der Waals surface area contributed by atoms with Gasteiger partial charge in [0, 0.05) is 31.4 Å². The molecule has 1 aliphatic rings. The Kier molecular flexibility index (Phi) is 4.45. The predicted molar refractivity (Wildman–Crippen MR) is 85.9 cm³/mol. The Bertz CT molecular complexity index is 826. The van der Waals surface area contributed by atoms with Crippen molar-refractivity contribution in [1.82, 2.24) is 19.8 Å². The number of carbonyl (C=O) groups is 2. The van der Waals surface area contributed by atoms with Crippen molar-refractivity contribution in [3.05, 3.63) is 53.3 Å². The molecule has 0 saturated heterocycles. The SMILES string of the molecule is O=C1c2ccccc2C(=O)N1CCS(=O)(=O)NCCc1ccn[nH]1. The van der Waals surface area contributed by atoms with Gasteiger partial charge in [0.25, 0.3) is 11.8 Å². The number of aromatic nitrogens is 2. The van der Waals surface area contributed by atoms with E-state index in [2.05, 4.69) is 14.9 Å². The largest absolute Gasteiger partial charge is 0.283 e.